The quantitative estimate of drug-likeness (QED) is 0.362. The monoisotopic (exact) mass is 525 g/mol. The largest absolute Gasteiger partial charge is 0.508 e. The maximum Gasteiger partial charge on any atom is 0.343 e. The summed E-state index contributed by atoms with van der Waals surface area (Å²) in [6, 6.07) is 12.9. The minimum absolute atomic E-state index is 0.0389. The van der Waals surface area contributed by atoms with Gasteiger partial charge in [0, 0.05) is 18.2 Å². The summed E-state index contributed by atoms with van der Waals surface area (Å²) < 4.78 is 21.9. The first-order valence-corrected chi connectivity index (χ1v) is 11.8. The van der Waals surface area contributed by atoms with E-state index in [2.05, 4.69) is 4.74 Å². The highest BCUT2D eigenvalue weighted by Gasteiger charge is 2.27. The predicted octanol–water partition coefficient (Wildman–Crippen LogP) is 3.07. The lowest BCUT2D eigenvalue weighted by molar-refractivity contribution is -0.143. The van der Waals surface area contributed by atoms with Gasteiger partial charge < -0.3 is 33.7 Å². The number of aryl methyl sites for hydroxylation is 2. The standard InChI is InChI=1S/C28H31NO9/c1-17-13-22(31)27(28(34)29(17)12-11-18-5-8-20(30)9-6-18)21(15-25(32)36-3)19-7-10-23(24(14-19)35-2)38-16-26(33)37-4/h5-10,13-14,21,30-31H,11-12,15-16H2,1-4H3/t21-/m1/s1. The van der Waals surface area contributed by atoms with E-state index in [0.717, 1.165) is 5.56 Å². The average molecular weight is 526 g/mol. The zero-order valence-corrected chi connectivity index (χ0v) is 21.7. The van der Waals surface area contributed by atoms with Crippen LogP contribution in [0.15, 0.2) is 53.3 Å². The summed E-state index contributed by atoms with van der Waals surface area (Å²) in [5.41, 5.74) is 1.56. The molecule has 0 saturated heterocycles. The van der Waals surface area contributed by atoms with Crippen LogP contribution in [0.25, 0.3) is 0 Å². The van der Waals surface area contributed by atoms with E-state index in [1.165, 1.54) is 32.0 Å². The van der Waals surface area contributed by atoms with Gasteiger partial charge in [-0.15, -0.1) is 0 Å². The summed E-state index contributed by atoms with van der Waals surface area (Å²) in [6.07, 6.45) is 0.290. The molecule has 0 saturated carbocycles. The van der Waals surface area contributed by atoms with Crippen molar-refractivity contribution in [2.24, 2.45) is 0 Å². The number of rotatable bonds is 11. The van der Waals surface area contributed by atoms with Crippen molar-refractivity contribution in [3.8, 4) is 23.0 Å². The highest BCUT2D eigenvalue weighted by Crippen LogP contribution is 2.37. The van der Waals surface area contributed by atoms with Gasteiger partial charge in [-0.25, -0.2) is 4.79 Å². The van der Waals surface area contributed by atoms with Crippen molar-refractivity contribution in [3.05, 3.63) is 81.3 Å². The maximum atomic E-state index is 13.7. The zero-order valence-electron chi connectivity index (χ0n) is 21.7. The van der Waals surface area contributed by atoms with Crippen molar-refractivity contribution in [2.45, 2.75) is 32.2 Å². The Kier molecular flexibility index (Phi) is 9.37. The van der Waals surface area contributed by atoms with E-state index in [1.807, 2.05) is 0 Å². The smallest absolute Gasteiger partial charge is 0.343 e. The number of phenolic OH excluding ortho intramolecular Hbond substituents is 1. The first-order valence-electron chi connectivity index (χ1n) is 11.8. The number of phenols is 1. The molecule has 1 atom stereocenters. The van der Waals surface area contributed by atoms with Crippen molar-refractivity contribution in [3.63, 3.8) is 0 Å². The van der Waals surface area contributed by atoms with Gasteiger partial charge in [0.05, 0.1) is 33.3 Å². The lowest BCUT2D eigenvalue weighted by Gasteiger charge is -2.21. The molecule has 10 nitrogen and oxygen atoms in total. The second kappa shape index (κ2) is 12.7. The van der Waals surface area contributed by atoms with Crippen LogP contribution in [0, 0.1) is 6.92 Å². The molecule has 0 aliphatic carbocycles. The summed E-state index contributed by atoms with van der Waals surface area (Å²) in [6.45, 7) is 1.70. The van der Waals surface area contributed by atoms with Crippen LogP contribution in [-0.4, -0.2) is 54.7 Å². The van der Waals surface area contributed by atoms with Crippen LogP contribution in [-0.2, 0) is 32.0 Å². The molecule has 1 aromatic heterocycles. The normalized spacial score (nSPS) is 11.5. The van der Waals surface area contributed by atoms with Gasteiger partial charge >= 0.3 is 11.9 Å². The molecule has 38 heavy (non-hydrogen) atoms. The van der Waals surface area contributed by atoms with E-state index < -0.39 is 23.4 Å². The summed E-state index contributed by atoms with van der Waals surface area (Å²) >= 11 is 0. The highest BCUT2D eigenvalue weighted by molar-refractivity contribution is 5.72. The number of pyridine rings is 1. The fourth-order valence-corrected chi connectivity index (χ4v) is 4.13. The van der Waals surface area contributed by atoms with Crippen LogP contribution in [0.2, 0.25) is 0 Å². The van der Waals surface area contributed by atoms with E-state index in [4.69, 9.17) is 14.2 Å². The molecular weight excluding hydrogens is 494 g/mol. The number of esters is 2. The van der Waals surface area contributed by atoms with E-state index in [1.54, 1.807) is 49.4 Å². The molecule has 0 unspecified atom stereocenters. The van der Waals surface area contributed by atoms with Crippen LogP contribution in [0.3, 0.4) is 0 Å². The number of carbonyl (C=O) groups excluding carboxylic acids is 2. The first kappa shape index (κ1) is 28.1. The molecule has 0 fully saturated rings. The van der Waals surface area contributed by atoms with Crippen LogP contribution >= 0.6 is 0 Å². The second-order valence-corrected chi connectivity index (χ2v) is 8.57. The Morgan fingerprint density at radius 1 is 0.921 bits per heavy atom. The van der Waals surface area contributed by atoms with E-state index in [9.17, 15) is 24.6 Å². The lowest BCUT2D eigenvalue weighted by atomic mass is 9.88. The van der Waals surface area contributed by atoms with Gasteiger partial charge in [-0.2, -0.15) is 0 Å². The third-order valence-electron chi connectivity index (χ3n) is 6.19. The average Bonchev–Trinajstić information content (AvgIpc) is 2.91. The minimum Gasteiger partial charge on any atom is -0.508 e. The molecular formula is C28H31NO9. The van der Waals surface area contributed by atoms with E-state index in [0.29, 0.717) is 24.2 Å². The Morgan fingerprint density at radius 3 is 2.24 bits per heavy atom. The highest BCUT2D eigenvalue weighted by atomic mass is 16.6. The fourth-order valence-electron chi connectivity index (χ4n) is 4.13. The third kappa shape index (κ3) is 6.64. The Labute approximate surface area is 220 Å². The zero-order chi connectivity index (χ0) is 27.8. The van der Waals surface area contributed by atoms with Crippen molar-refractivity contribution in [2.75, 3.05) is 27.9 Å². The number of methoxy groups -OCH3 is 3. The molecule has 0 bridgehead atoms. The Morgan fingerprint density at radius 2 is 1.61 bits per heavy atom. The summed E-state index contributed by atoms with van der Waals surface area (Å²) in [7, 11) is 3.91. The molecule has 0 spiro atoms. The SMILES string of the molecule is COC(=O)COc1ccc([C@@H](CC(=O)OC)c2c(O)cc(C)n(CCc3ccc(O)cc3)c2=O)cc1OC. The predicted molar refractivity (Wildman–Crippen MR) is 138 cm³/mol. The van der Waals surface area contributed by atoms with Gasteiger partial charge in [-0.3, -0.25) is 9.59 Å². The van der Waals surface area contributed by atoms with Gasteiger partial charge in [0.15, 0.2) is 18.1 Å². The molecule has 1 heterocycles. The molecule has 202 valence electrons. The Bertz CT molecular complexity index is 1350. The summed E-state index contributed by atoms with van der Waals surface area (Å²) in [5, 5.41) is 20.4. The third-order valence-corrected chi connectivity index (χ3v) is 6.19. The number of nitrogens with zero attached hydrogens (tertiary/aromatic N) is 1. The molecule has 0 aliphatic heterocycles. The molecule has 0 aliphatic rings. The van der Waals surface area contributed by atoms with Crippen molar-refractivity contribution in [1.29, 1.82) is 0 Å². The molecule has 2 N–H and O–H groups in total. The second-order valence-electron chi connectivity index (χ2n) is 8.57. The lowest BCUT2D eigenvalue weighted by Crippen LogP contribution is -2.29. The minimum atomic E-state index is -0.862. The number of aromatic nitrogens is 1. The number of hydrogen-bond donors (Lipinski definition) is 2. The van der Waals surface area contributed by atoms with Crippen LogP contribution in [0.4, 0.5) is 0 Å². The molecule has 10 heteroatoms. The number of hydrogen-bond acceptors (Lipinski definition) is 9. The molecule has 3 aromatic rings. The van der Waals surface area contributed by atoms with Crippen LogP contribution in [0.1, 0.15) is 34.7 Å². The van der Waals surface area contributed by atoms with Crippen molar-refractivity contribution < 1.29 is 38.7 Å². The van der Waals surface area contributed by atoms with Crippen molar-refractivity contribution >= 4 is 11.9 Å². The summed E-state index contributed by atoms with van der Waals surface area (Å²) in [4.78, 5) is 37.6. The van der Waals surface area contributed by atoms with Crippen LogP contribution < -0.4 is 15.0 Å². The fraction of sp³-hybridized carbons (Fsp3) is 0.321. The number of benzene rings is 2. The van der Waals surface area contributed by atoms with Gasteiger partial charge in [0.1, 0.15) is 11.5 Å². The Hall–Kier alpha value is -4.47. The number of aromatic hydroxyl groups is 2. The van der Waals surface area contributed by atoms with Gasteiger partial charge in [-0.05, 0) is 54.8 Å². The maximum absolute atomic E-state index is 13.7. The first-order chi connectivity index (χ1) is 18.2. The van der Waals surface area contributed by atoms with Gasteiger partial charge in [-0.1, -0.05) is 18.2 Å². The van der Waals surface area contributed by atoms with E-state index in [-0.39, 0.29) is 41.6 Å². The molecule has 0 radical (unpaired) electrons. The topological polar surface area (TPSA) is 134 Å². The van der Waals surface area contributed by atoms with Gasteiger partial charge in [0.25, 0.3) is 5.56 Å². The van der Waals surface area contributed by atoms with Crippen molar-refractivity contribution in [1.82, 2.24) is 4.57 Å². The van der Waals surface area contributed by atoms with Crippen LogP contribution in [0.5, 0.6) is 23.0 Å². The number of ether oxygens (including phenoxy) is 4. The molecule has 3 rings (SSSR count). The van der Waals surface area contributed by atoms with E-state index >= 15 is 0 Å². The Balaban J connectivity index is 2.04. The van der Waals surface area contributed by atoms with Gasteiger partial charge in [0.2, 0.25) is 0 Å². The number of carbonyl (C=O) groups is 2. The molecule has 2 aromatic carbocycles. The summed E-state index contributed by atoms with van der Waals surface area (Å²) in [5.74, 6) is -1.58. The molecule has 0 amide bonds.